The summed E-state index contributed by atoms with van der Waals surface area (Å²) < 4.78 is 0. The van der Waals surface area contributed by atoms with E-state index in [0.717, 1.165) is 30.6 Å². The van der Waals surface area contributed by atoms with Gasteiger partial charge in [-0.15, -0.1) is 0 Å². The van der Waals surface area contributed by atoms with Gasteiger partial charge in [-0.1, -0.05) is 11.6 Å². The molecule has 0 unspecified atom stereocenters. The number of carbonyl (C=O) groups is 2. The number of rotatable bonds is 3. The molecule has 0 saturated heterocycles. The number of fused-ring (bicyclic) bond motifs is 1. The van der Waals surface area contributed by atoms with E-state index in [-0.39, 0.29) is 5.91 Å². The van der Waals surface area contributed by atoms with Gasteiger partial charge in [-0.05, 0) is 43.1 Å². The van der Waals surface area contributed by atoms with E-state index in [1.54, 1.807) is 6.92 Å². The smallest absolute Gasteiger partial charge is 0.253 e. The summed E-state index contributed by atoms with van der Waals surface area (Å²) in [6.45, 7) is 3.31. The predicted molar refractivity (Wildman–Crippen MR) is 69.9 cm³/mol. The number of hydrogen-bond acceptors (Lipinski definition) is 3. The number of carbonyl (C=O) groups excluding carboxylic acids is 2. The number of halogens is 1. The standard InChI is InChI=1S/C13H15ClN2O2/c1-8(7-17)16-13(18)11-4-9-2-3-15-6-10(9)5-12(11)14/h4-5,7-8,15H,2-3,6H2,1H3,(H,16,18)/t8-/m0/s1. The van der Waals surface area contributed by atoms with Crippen molar-refractivity contribution in [3.8, 4) is 0 Å². The number of hydrogen-bond donors (Lipinski definition) is 2. The summed E-state index contributed by atoms with van der Waals surface area (Å²) in [5.74, 6) is -0.305. The van der Waals surface area contributed by atoms with Crippen molar-refractivity contribution in [2.75, 3.05) is 6.54 Å². The molecule has 4 nitrogen and oxygen atoms in total. The summed E-state index contributed by atoms with van der Waals surface area (Å²) in [4.78, 5) is 22.5. The molecule has 1 amide bonds. The molecule has 2 N–H and O–H groups in total. The molecule has 1 heterocycles. The van der Waals surface area contributed by atoms with E-state index < -0.39 is 6.04 Å². The highest BCUT2D eigenvalue weighted by molar-refractivity contribution is 6.34. The summed E-state index contributed by atoms with van der Waals surface area (Å²) in [5.41, 5.74) is 2.71. The van der Waals surface area contributed by atoms with Crippen LogP contribution in [0.1, 0.15) is 28.4 Å². The topological polar surface area (TPSA) is 58.2 Å². The van der Waals surface area contributed by atoms with E-state index in [4.69, 9.17) is 11.6 Å². The van der Waals surface area contributed by atoms with Gasteiger partial charge in [0.25, 0.3) is 5.91 Å². The minimum atomic E-state index is -0.508. The Morgan fingerprint density at radius 2 is 2.28 bits per heavy atom. The van der Waals surface area contributed by atoms with E-state index >= 15 is 0 Å². The second kappa shape index (κ2) is 5.50. The lowest BCUT2D eigenvalue weighted by atomic mass is 9.98. The maximum Gasteiger partial charge on any atom is 0.253 e. The molecular formula is C13H15ClN2O2. The van der Waals surface area contributed by atoms with Crippen LogP contribution in [0.25, 0.3) is 0 Å². The number of benzene rings is 1. The van der Waals surface area contributed by atoms with Crippen LogP contribution in [0.2, 0.25) is 5.02 Å². The molecule has 1 aromatic carbocycles. The van der Waals surface area contributed by atoms with E-state index in [9.17, 15) is 9.59 Å². The van der Waals surface area contributed by atoms with Crippen molar-refractivity contribution in [3.63, 3.8) is 0 Å². The lowest BCUT2D eigenvalue weighted by Gasteiger charge is -2.19. The van der Waals surface area contributed by atoms with Crippen LogP contribution < -0.4 is 10.6 Å². The quantitative estimate of drug-likeness (QED) is 0.811. The SMILES string of the molecule is C[C@@H](C=O)NC(=O)c1cc2c(cc1Cl)CNCC2. The second-order valence-electron chi connectivity index (χ2n) is 4.43. The van der Waals surface area contributed by atoms with Crippen molar-refractivity contribution >= 4 is 23.8 Å². The number of amides is 1. The van der Waals surface area contributed by atoms with Crippen LogP contribution in [0.4, 0.5) is 0 Å². The molecule has 0 aromatic heterocycles. The highest BCUT2D eigenvalue weighted by Gasteiger charge is 2.17. The average Bonchev–Trinajstić information content (AvgIpc) is 2.37. The van der Waals surface area contributed by atoms with Gasteiger partial charge >= 0.3 is 0 Å². The van der Waals surface area contributed by atoms with Crippen molar-refractivity contribution in [1.82, 2.24) is 10.6 Å². The maximum atomic E-state index is 12.0. The van der Waals surface area contributed by atoms with Crippen LogP contribution >= 0.6 is 11.6 Å². The molecule has 96 valence electrons. The lowest BCUT2D eigenvalue weighted by molar-refractivity contribution is -0.109. The zero-order valence-corrected chi connectivity index (χ0v) is 10.9. The molecule has 1 aromatic rings. The van der Waals surface area contributed by atoms with Gasteiger partial charge in [0.15, 0.2) is 0 Å². The van der Waals surface area contributed by atoms with Crippen molar-refractivity contribution in [1.29, 1.82) is 0 Å². The van der Waals surface area contributed by atoms with Crippen LogP contribution in [0, 0.1) is 0 Å². The minimum Gasteiger partial charge on any atom is -0.343 e. The van der Waals surface area contributed by atoms with E-state index in [2.05, 4.69) is 10.6 Å². The van der Waals surface area contributed by atoms with Crippen LogP contribution in [0.15, 0.2) is 12.1 Å². The molecule has 2 rings (SSSR count). The zero-order chi connectivity index (χ0) is 13.1. The first-order valence-corrected chi connectivity index (χ1v) is 6.28. The summed E-state index contributed by atoms with van der Waals surface area (Å²) >= 11 is 6.11. The number of aldehydes is 1. The molecule has 1 aliphatic heterocycles. The Bertz CT molecular complexity index is 488. The fourth-order valence-electron chi connectivity index (χ4n) is 2.00. The Labute approximate surface area is 111 Å². The molecular weight excluding hydrogens is 252 g/mol. The molecule has 0 fully saturated rings. The molecule has 1 atom stereocenters. The summed E-state index contributed by atoms with van der Waals surface area (Å²) in [5, 5.41) is 6.26. The van der Waals surface area contributed by atoms with Gasteiger partial charge in [0.1, 0.15) is 6.29 Å². The molecule has 0 spiro atoms. The summed E-state index contributed by atoms with van der Waals surface area (Å²) in [6, 6.07) is 3.14. The molecule has 18 heavy (non-hydrogen) atoms. The first-order valence-electron chi connectivity index (χ1n) is 5.90. The van der Waals surface area contributed by atoms with Crippen LogP contribution in [-0.4, -0.2) is 24.8 Å². The molecule has 0 aliphatic carbocycles. The molecule has 1 aliphatic rings. The van der Waals surface area contributed by atoms with Gasteiger partial charge in [-0.25, -0.2) is 0 Å². The number of nitrogens with one attached hydrogen (secondary N) is 2. The highest BCUT2D eigenvalue weighted by Crippen LogP contribution is 2.24. The normalized spacial score (nSPS) is 15.7. The van der Waals surface area contributed by atoms with Gasteiger partial charge in [-0.2, -0.15) is 0 Å². The van der Waals surface area contributed by atoms with Crippen molar-refractivity contribution in [3.05, 3.63) is 33.8 Å². The van der Waals surface area contributed by atoms with E-state index in [1.807, 2.05) is 12.1 Å². The molecule has 0 radical (unpaired) electrons. The van der Waals surface area contributed by atoms with Crippen molar-refractivity contribution < 1.29 is 9.59 Å². The Morgan fingerprint density at radius 3 is 3.00 bits per heavy atom. The lowest BCUT2D eigenvalue weighted by Crippen LogP contribution is -2.34. The van der Waals surface area contributed by atoms with Crippen molar-refractivity contribution in [2.45, 2.75) is 25.9 Å². The fourth-order valence-corrected chi connectivity index (χ4v) is 2.27. The van der Waals surface area contributed by atoms with Gasteiger partial charge in [0, 0.05) is 6.54 Å². The largest absolute Gasteiger partial charge is 0.343 e. The second-order valence-corrected chi connectivity index (χ2v) is 4.83. The zero-order valence-electron chi connectivity index (χ0n) is 10.1. The minimum absolute atomic E-state index is 0.305. The van der Waals surface area contributed by atoms with Crippen molar-refractivity contribution in [2.24, 2.45) is 0 Å². The first-order chi connectivity index (χ1) is 8.61. The highest BCUT2D eigenvalue weighted by atomic mass is 35.5. The molecule has 5 heteroatoms. The first kappa shape index (κ1) is 13.1. The van der Waals surface area contributed by atoms with Gasteiger partial charge < -0.3 is 15.4 Å². The van der Waals surface area contributed by atoms with Crippen LogP contribution in [-0.2, 0) is 17.8 Å². The van der Waals surface area contributed by atoms with E-state index in [0.29, 0.717) is 16.9 Å². The van der Waals surface area contributed by atoms with Gasteiger partial charge in [0.2, 0.25) is 0 Å². The molecule has 0 saturated carbocycles. The average molecular weight is 267 g/mol. The molecule has 0 bridgehead atoms. The Kier molecular flexibility index (Phi) is 3.99. The summed E-state index contributed by atoms with van der Waals surface area (Å²) in [6.07, 6.45) is 1.57. The maximum absolute atomic E-state index is 12.0. The third kappa shape index (κ3) is 2.71. The van der Waals surface area contributed by atoms with Gasteiger partial charge in [-0.3, -0.25) is 4.79 Å². The van der Waals surface area contributed by atoms with E-state index in [1.165, 1.54) is 0 Å². The Balaban J connectivity index is 2.27. The summed E-state index contributed by atoms with van der Waals surface area (Å²) in [7, 11) is 0. The van der Waals surface area contributed by atoms with Gasteiger partial charge in [0.05, 0.1) is 16.6 Å². The predicted octanol–water partition coefficient (Wildman–Crippen LogP) is 1.30. The fraction of sp³-hybridized carbons (Fsp3) is 0.385. The monoisotopic (exact) mass is 266 g/mol. The van der Waals surface area contributed by atoms with Crippen LogP contribution in [0.3, 0.4) is 0 Å². The third-order valence-electron chi connectivity index (χ3n) is 2.98. The third-order valence-corrected chi connectivity index (χ3v) is 3.30. The van der Waals surface area contributed by atoms with Crippen LogP contribution in [0.5, 0.6) is 0 Å². The Hall–Kier alpha value is -1.39. The Morgan fingerprint density at radius 1 is 1.50 bits per heavy atom.